The smallest absolute Gasteiger partial charge is 0.170 e. The van der Waals surface area contributed by atoms with Crippen LogP contribution in [0.4, 0.5) is 0 Å². The summed E-state index contributed by atoms with van der Waals surface area (Å²) >= 11 is 0. The molecule has 0 atom stereocenters. The molecular formula is C11H17NO3. The van der Waals surface area contributed by atoms with Gasteiger partial charge in [0.15, 0.2) is 5.79 Å². The molecule has 4 nitrogen and oxygen atoms in total. The van der Waals surface area contributed by atoms with Crippen molar-refractivity contribution < 1.29 is 14.3 Å². The molecule has 2 fully saturated rings. The molecule has 0 radical (unpaired) electrons. The van der Waals surface area contributed by atoms with Crippen LogP contribution in [0.15, 0.2) is 12.2 Å². The Hall–Kier alpha value is -0.710. The number of likely N-dealkylation sites (tertiary alicyclic amines) is 1. The van der Waals surface area contributed by atoms with Gasteiger partial charge in [0.05, 0.1) is 13.2 Å². The van der Waals surface area contributed by atoms with Gasteiger partial charge in [-0.25, -0.2) is 0 Å². The first kappa shape index (κ1) is 10.8. The highest BCUT2D eigenvalue weighted by Crippen LogP contribution is 2.30. The van der Waals surface area contributed by atoms with Crippen molar-refractivity contribution in [2.75, 3.05) is 32.8 Å². The van der Waals surface area contributed by atoms with Crippen molar-refractivity contribution >= 4 is 6.29 Å². The molecule has 2 rings (SSSR count). The van der Waals surface area contributed by atoms with E-state index in [0.717, 1.165) is 52.0 Å². The van der Waals surface area contributed by atoms with Crippen LogP contribution in [0, 0.1) is 0 Å². The molecule has 0 amide bonds. The number of allylic oxidation sites excluding steroid dienone is 1. The minimum Gasteiger partial charge on any atom is -0.347 e. The van der Waals surface area contributed by atoms with Crippen molar-refractivity contribution in [1.29, 1.82) is 0 Å². The Balaban J connectivity index is 1.76. The Labute approximate surface area is 89.8 Å². The third-order valence-electron chi connectivity index (χ3n) is 3.01. The topological polar surface area (TPSA) is 38.8 Å². The van der Waals surface area contributed by atoms with E-state index in [0.29, 0.717) is 0 Å². The number of piperidine rings is 1. The maximum absolute atomic E-state index is 10.1. The van der Waals surface area contributed by atoms with E-state index in [2.05, 4.69) is 4.90 Å². The van der Waals surface area contributed by atoms with E-state index in [-0.39, 0.29) is 5.79 Å². The van der Waals surface area contributed by atoms with Crippen molar-refractivity contribution in [3.8, 4) is 0 Å². The number of carbonyl (C=O) groups is 1. The summed E-state index contributed by atoms with van der Waals surface area (Å²) in [6, 6.07) is 0. The van der Waals surface area contributed by atoms with Crippen LogP contribution in [0.1, 0.15) is 12.8 Å². The van der Waals surface area contributed by atoms with Crippen molar-refractivity contribution in [2.24, 2.45) is 0 Å². The molecule has 0 saturated carbocycles. The molecule has 0 aliphatic carbocycles. The van der Waals surface area contributed by atoms with Crippen LogP contribution in [0.25, 0.3) is 0 Å². The van der Waals surface area contributed by atoms with Crippen molar-refractivity contribution in [3.63, 3.8) is 0 Å². The number of hydrogen-bond acceptors (Lipinski definition) is 4. The molecule has 1 spiro atoms. The SMILES string of the molecule is O=C/C=C/CN1CCC2(CC1)OCCO2. The van der Waals surface area contributed by atoms with Gasteiger partial charge in [0, 0.05) is 32.5 Å². The molecule has 2 aliphatic rings. The van der Waals surface area contributed by atoms with Gasteiger partial charge in [-0.05, 0) is 6.08 Å². The largest absolute Gasteiger partial charge is 0.347 e. The lowest BCUT2D eigenvalue weighted by atomic mass is 10.0. The molecule has 15 heavy (non-hydrogen) atoms. The Morgan fingerprint density at radius 2 is 1.87 bits per heavy atom. The summed E-state index contributed by atoms with van der Waals surface area (Å²) in [6.07, 6.45) is 6.12. The van der Waals surface area contributed by atoms with Crippen LogP contribution < -0.4 is 0 Å². The second-order valence-electron chi connectivity index (χ2n) is 3.97. The normalized spacial score (nSPS) is 26.4. The number of nitrogens with zero attached hydrogens (tertiary/aromatic N) is 1. The predicted octanol–water partition coefficient (Wildman–Crippen LogP) is 0.580. The fraction of sp³-hybridized carbons (Fsp3) is 0.727. The molecule has 4 heteroatoms. The first-order valence-corrected chi connectivity index (χ1v) is 5.45. The number of rotatable bonds is 3. The molecule has 2 aliphatic heterocycles. The van der Waals surface area contributed by atoms with Gasteiger partial charge in [-0.2, -0.15) is 0 Å². The van der Waals surface area contributed by atoms with Gasteiger partial charge >= 0.3 is 0 Å². The summed E-state index contributed by atoms with van der Waals surface area (Å²) < 4.78 is 11.3. The number of ether oxygens (including phenoxy) is 2. The van der Waals surface area contributed by atoms with Crippen LogP contribution >= 0.6 is 0 Å². The van der Waals surface area contributed by atoms with Crippen molar-refractivity contribution in [3.05, 3.63) is 12.2 Å². The van der Waals surface area contributed by atoms with E-state index in [1.165, 1.54) is 0 Å². The van der Waals surface area contributed by atoms with Gasteiger partial charge in [-0.3, -0.25) is 9.69 Å². The third kappa shape index (κ3) is 2.65. The van der Waals surface area contributed by atoms with Gasteiger partial charge < -0.3 is 9.47 Å². The lowest BCUT2D eigenvalue weighted by molar-refractivity contribution is -0.184. The number of carbonyl (C=O) groups excluding carboxylic acids is 1. The molecule has 0 aromatic heterocycles. The zero-order valence-electron chi connectivity index (χ0n) is 8.85. The summed E-state index contributed by atoms with van der Waals surface area (Å²) in [7, 11) is 0. The molecule has 0 bridgehead atoms. The third-order valence-corrected chi connectivity index (χ3v) is 3.01. The summed E-state index contributed by atoms with van der Waals surface area (Å²) in [5.74, 6) is -0.287. The minimum atomic E-state index is -0.287. The fourth-order valence-electron chi connectivity index (χ4n) is 2.13. The van der Waals surface area contributed by atoms with E-state index in [1.54, 1.807) is 6.08 Å². The van der Waals surface area contributed by atoms with E-state index < -0.39 is 0 Å². The molecular weight excluding hydrogens is 194 g/mol. The summed E-state index contributed by atoms with van der Waals surface area (Å²) in [5, 5.41) is 0. The minimum absolute atomic E-state index is 0.287. The maximum Gasteiger partial charge on any atom is 0.170 e. The van der Waals surface area contributed by atoms with Crippen LogP contribution in [0.3, 0.4) is 0 Å². The van der Waals surface area contributed by atoms with E-state index >= 15 is 0 Å². The molecule has 0 aromatic carbocycles. The standard InChI is InChI=1S/C11H17NO3/c13-8-2-1-5-12-6-3-11(4-7-12)14-9-10-15-11/h1-2,8H,3-7,9-10H2/b2-1+. The Bertz CT molecular complexity index is 236. The van der Waals surface area contributed by atoms with E-state index in [4.69, 9.17) is 9.47 Å². The maximum atomic E-state index is 10.1. The molecule has 2 saturated heterocycles. The van der Waals surface area contributed by atoms with Gasteiger partial charge in [0.2, 0.25) is 0 Å². The molecule has 0 N–H and O–H groups in total. The molecule has 0 aromatic rings. The summed E-state index contributed by atoms with van der Waals surface area (Å²) in [4.78, 5) is 12.4. The van der Waals surface area contributed by atoms with Crippen molar-refractivity contribution in [2.45, 2.75) is 18.6 Å². The molecule has 2 heterocycles. The van der Waals surface area contributed by atoms with Gasteiger partial charge in [0.1, 0.15) is 6.29 Å². The highest BCUT2D eigenvalue weighted by molar-refractivity contribution is 5.64. The van der Waals surface area contributed by atoms with Gasteiger partial charge in [-0.1, -0.05) is 6.08 Å². The second-order valence-corrected chi connectivity index (χ2v) is 3.97. The quantitative estimate of drug-likeness (QED) is 0.505. The zero-order valence-corrected chi connectivity index (χ0v) is 8.85. The Morgan fingerprint density at radius 3 is 2.47 bits per heavy atom. The summed E-state index contributed by atoms with van der Waals surface area (Å²) in [5.41, 5.74) is 0. The molecule has 0 unspecified atom stereocenters. The Morgan fingerprint density at radius 1 is 1.20 bits per heavy atom. The van der Waals surface area contributed by atoms with Crippen LogP contribution in [-0.4, -0.2) is 49.8 Å². The van der Waals surface area contributed by atoms with Gasteiger partial charge in [0.25, 0.3) is 0 Å². The molecule has 84 valence electrons. The monoisotopic (exact) mass is 211 g/mol. The lowest BCUT2D eigenvalue weighted by Crippen LogP contribution is -2.45. The van der Waals surface area contributed by atoms with Crippen LogP contribution in [0.2, 0.25) is 0 Å². The highest BCUT2D eigenvalue weighted by atomic mass is 16.7. The fourth-order valence-corrected chi connectivity index (χ4v) is 2.13. The predicted molar refractivity (Wildman–Crippen MR) is 55.5 cm³/mol. The average Bonchev–Trinajstić information content (AvgIpc) is 2.71. The van der Waals surface area contributed by atoms with Crippen molar-refractivity contribution in [1.82, 2.24) is 4.90 Å². The summed E-state index contributed by atoms with van der Waals surface area (Å²) in [6.45, 7) is 4.25. The van der Waals surface area contributed by atoms with E-state index in [1.807, 2.05) is 6.08 Å². The second kappa shape index (κ2) is 4.88. The number of hydrogen-bond donors (Lipinski definition) is 0. The first-order chi connectivity index (χ1) is 7.35. The lowest BCUT2D eigenvalue weighted by Gasteiger charge is -2.37. The first-order valence-electron chi connectivity index (χ1n) is 5.45. The average molecular weight is 211 g/mol. The van der Waals surface area contributed by atoms with E-state index in [9.17, 15) is 4.79 Å². The number of aldehydes is 1. The van der Waals surface area contributed by atoms with Crippen LogP contribution in [0.5, 0.6) is 0 Å². The Kier molecular flexibility index (Phi) is 3.51. The van der Waals surface area contributed by atoms with Gasteiger partial charge in [-0.15, -0.1) is 0 Å². The van der Waals surface area contributed by atoms with Crippen LogP contribution in [-0.2, 0) is 14.3 Å². The highest BCUT2D eigenvalue weighted by Gasteiger charge is 2.39. The zero-order chi connectivity index (χ0) is 10.6.